The Morgan fingerprint density at radius 3 is 2.52 bits per heavy atom. The zero-order chi connectivity index (χ0) is 14.2. The molecule has 0 spiro atoms. The summed E-state index contributed by atoms with van der Waals surface area (Å²) < 4.78 is 1.97. The van der Waals surface area contributed by atoms with E-state index >= 15 is 0 Å². The van der Waals surface area contributed by atoms with Gasteiger partial charge in [-0.25, -0.2) is 4.68 Å². The van der Waals surface area contributed by atoms with Gasteiger partial charge in [0.15, 0.2) is 0 Å². The maximum absolute atomic E-state index is 5.97. The second kappa shape index (κ2) is 4.93. The van der Waals surface area contributed by atoms with E-state index in [1.807, 2.05) is 47.1 Å². The van der Waals surface area contributed by atoms with Gasteiger partial charge in [-0.2, -0.15) is 5.10 Å². The molecular weight excluding hydrogens is 282 g/mol. The molecule has 1 aliphatic rings. The van der Waals surface area contributed by atoms with E-state index in [4.69, 9.17) is 16.7 Å². The van der Waals surface area contributed by atoms with Crippen LogP contribution in [0.3, 0.4) is 0 Å². The third-order valence-corrected chi connectivity index (χ3v) is 4.02. The lowest BCUT2D eigenvalue weighted by molar-refractivity contribution is 0.882. The lowest BCUT2D eigenvalue weighted by Gasteiger charge is -2.06. The molecule has 0 atom stereocenters. The van der Waals surface area contributed by atoms with Gasteiger partial charge in [0.2, 0.25) is 0 Å². The summed E-state index contributed by atoms with van der Waals surface area (Å²) in [6.45, 7) is 0.959. The number of hydrogen-bond acceptors (Lipinski definition) is 2. The van der Waals surface area contributed by atoms with Crippen molar-refractivity contribution in [2.75, 3.05) is 11.9 Å². The molecule has 2 heterocycles. The molecule has 0 aliphatic carbocycles. The fraction of sp³-hybridized carbons (Fsp3) is 0.118. The largest absolute Gasteiger partial charge is 0.369 e. The van der Waals surface area contributed by atoms with E-state index in [-0.39, 0.29) is 0 Å². The standard InChI is InChI=1S/C17H14ClN3/c18-13-6-8-14(9-7-13)21-17-15(10-11-19-17)16(20-21)12-4-2-1-3-5-12/h1-9,19H,10-11H2. The highest BCUT2D eigenvalue weighted by Crippen LogP contribution is 2.34. The minimum atomic E-state index is 0.735. The molecule has 4 heteroatoms. The molecule has 1 N–H and O–H groups in total. The fourth-order valence-electron chi connectivity index (χ4n) is 2.77. The van der Waals surface area contributed by atoms with Crippen LogP contribution in [0.15, 0.2) is 54.6 Å². The number of hydrogen-bond donors (Lipinski definition) is 1. The SMILES string of the molecule is Clc1ccc(-n2nc(-c3ccccc3)c3c2NCC3)cc1. The fourth-order valence-corrected chi connectivity index (χ4v) is 2.90. The van der Waals surface area contributed by atoms with Crippen LogP contribution in [0, 0.1) is 0 Å². The summed E-state index contributed by atoms with van der Waals surface area (Å²) in [4.78, 5) is 0. The molecule has 0 bridgehead atoms. The molecule has 0 unspecified atom stereocenters. The summed E-state index contributed by atoms with van der Waals surface area (Å²) in [6, 6.07) is 18.1. The maximum Gasteiger partial charge on any atom is 0.133 e. The zero-order valence-electron chi connectivity index (χ0n) is 11.4. The minimum Gasteiger partial charge on any atom is -0.369 e. The Morgan fingerprint density at radius 2 is 1.76 bits per heavy atom. The summed E-state index contributed by atoms with van der Waals surface area (Å²) in [7, 11) is 0. The van der Waals surface area contributed by atoms with Crippen LogP contribution in [0.2, 0.25) is 5.02 Å². The van der Waals surface area contributed by atoms with Crippen molar-refractivity contribution in [2.45, 2.75) is 6.42 Å². The predicted molar refractivity (Wildman–Crippen MR) is 86.2 cm³/mol. The normalized spacial score (nSPS) is 13.0. The first-order valence-electron chi connectivity index (χ1n) is 7.00. The monoisotopic (exact) mass is 295 g/mol. The topological polar surface area (TPSA) is 29.9 Å². The summed E-state index contributed by atoms with van der Waals surface area (Å²) in [5.41, 5.74) is 4.53. The molecular formula is C17H14ClN3. The first-order chi connectivity index (χ1) is 10.3. The lowest BCUT2D eigenvalue weighted by Crippen LogP contribution is -2.04. The highest BCUT2D eigenvalue weighted by Gasteiger charge is 2.23. The molecule has 104 valence electrons. The molecule has 1 aliphatic heterocycles. The Balaban J connectivity index is 1.88. The Labute approximate surface area is 128 Å². The van der Waals surface area contributed by atoms with Crippen LogP contribution < -0.4 is 5.32 Å². The van der Waals surface area contributed by atoms with E-state index in [0.717, 1.165) is 40.8 Å². The number of aromatic nitrogens is 2. The van der Waals surface area contributed by atoms with Gasteiger partial charge in [0.25, 0.3) is 0 Å². The van der Waals surface area contributed by atoms with Crippen LogP contribution in [-0.4, -0.2) is 16.3 Å². The van der Waals surface area contributed by atoms with Gasteiger partial charge in [-0.3, -0.25) is 0 Å². The minimum absolute atomic E-state index is 0.735. The number of rotatable bonds is 2. The molecule has 0 saturated heterocycles. The van der Waals surface area contributed by atoms with Gasteiger partial charge in [0.05, 0.1) is 11.4 Å². The van der Waals surface area contributed by atoms with E-state index in [2.05, 4.69) is 17.4 Å². The molecule has 0 amide bonds. The first kappa shape index (κ1) is 12.5. The number of fused-ring (bicyclic) bond motifs is 1. The van der Waals surface area contributed by atoms with Gasteiger partial charge in [0, 0.05) is 22.7 Å². The second-order valence-electron chi connectivity index (χ2n) is 5.11. The maximum atomic E-state index is 5.97. The van der Waals surface area contributed by atoms with Crippen LogP contribution >= 0.6 is 11.6 Å². The number of nitrogens with one attached hydrogen (secondary N) is 1. The number of nitrogens with zero attached hydrogens (tertiary/aromatic N) is 2. The van der Waals surface area contributed by atoms with Crippen LogP contribution in [0.1, 0.15) is 5.56 Å². The smallest absolute Gasteiger partial charge is 0.133 e. The van der Waals surface area contributed by atoms with Crippen molar-refractivity contribution in [3.05, 3.63) is 65.2 Å². The number of benzene rings is 2. The summed E-state index contributed by atoms with van der Waals surface area (Å²) in [5, 5.41) is 8.99. The summed E-state index contributed by atoms with van der Waals surface area (Å²) in [6.07, 6.45) is 1.01. The summed E-state index contributed by atoms with van der Waals surface area (Å²) >= 11 is 5.97. The highest BCUT2D eigenvalue weighted by atomic mass is 35.5. The van der Waals surface area contributed by atoms with Gasteiger partial charge in [-0.15, -0.1) is 0 Å². The van der Waals surface area contributed by atoms with E-state index in [1.54, 1.807) is 0 Å². The van der Waals surface area contributed by atoms with E-state index in [1.165, 1.54) is 5.56 Å². The average molecular weight is 296 g/mol. The van der Waals surface area contributed by atoms with Crippen LogP contribution in [0.5, 0.6) is 0 Å². The van der Waals surface area contributed by atoms with Crippen molar-refractivity contribution in [1.82, 2.24) is 9.78 Å². The van der Waals surface area contributed by atoms with Gasteiger partial charge < -0.3 is 5.32 Å². The van der Waals surface area contributed by atoms with Crippen LogP contribution in [0.25, 0.3) is 16.9 Å². The van der Waals surface area contributed by atoms with E-state index in [0.29, 0.717) is 0 Å². The van der Waals surface area contributed by atoms with E-state index in [9.17, 15) is 0 Å². The zero-order valence-corrected chi connectivity index (χ0v) is 12.1. The third kappa shape index (κ3) is 2.10. The summed E-state index contributed by atoms with van der Waals surface area (Å²) in [5.74, 6) is 1.09. The van der Waals surface area contributed by atoms with Crippen molar-refractivity contribution in [3.8, 4) is 16.9 Å². The Hall–Kier alpha value is -2.26. The molecule has 21 heavy (non-hydrogen) atoms. The van der Waals surface area contributed by atoms with Crippen molar-refractivity contribution >= 4 is 17.4 Å². The third-order valence-electron chi connectivity index (χ3n) is 3.77. The first-order valence-corrected chi connectivity index (χ1v) is 7.38. The van der Waals surface area contributed by atoms with Gasteiger partial charge in [-0.1, -0.05) is 41.9 Å². The number of halogens is 1. The number of anilines is 1. The van der Waals surface area contributed by atoms with E-state index < -0.39 is 0 Å². The average Bonchev–Trinajstić information content (AvgIpc) is 3.11. The van der Waals surface area contributed by atoms with Crippen molar-refractivity contribution < 1.29 is 0 Å². The van der Waals surface area contributed by atoms with Crippen molar-refractivity contribution in [3.63, 3.8) is 0 Å². The Kier molecular flexibility index (Phi) is 2.93. The van der Waals surface area contributed by atoms with Gasteiger partial charge >= 0.3 is 0 Å². The molecule has 3 aromatic rings. The molecule has 3 nitrogen and oxygen atoms in total. The predicted octanol–water partition coefficient (Wildman–Crippen LogP) is 4.16. The molecule has 0 fully saturated rings. The second-order valence-corrected chi connectivity index (χ2v) is 5.54. The molecule has 4 rings (SSSR count). The van der Waals surface area contributed by atoms with Crippen molar-refractivity contribution in [1.29, 1.82) is 0 Å². The Bertz CT molecular complexity index is 776. The van der Waals surface area contributed by atoms with Gasteiger partial charge in [-0.05, 0) is 30.7 Å². The van der Waals surface area contributed by atoms with Gasteiger partial charge in [0.1, 0.15) is 5.82 Å². The quantitative estimate of drug-likeness (QED) is 0.769. The lowest BCUT2D eigenvalue weighted by atomic mass is 10.1. The molecule has 0 radical (unpaired) electrons. The molecule has 0 saturated carbocycles. The van der Waals surface area contributed by atoms with Crippen molar-refractivity contribution in [2.24, 2.45) is 0 Å². The van der Waals surface area contributed by atoms with Crippen LogP contribution in [-0.2, 0) is 6.42 Å². The van der Waals surface area contributed by atoms with Crippen LogP contribution in [0.4, 0.5) is 5.82 Å². The Morgan fingerprint density at radius 1 is 1.00 bits per heavy atom. The highest BCUT2D eigenvalue weighted by molar-refractivity contribution is 6.30. The molecule has 1 aromatic heterocycles. The molecule has 2 aromatic carbocycles.